The van der Waals surface area contributed by atoms with Crippen molar-refractivity contribution in [2.45, 2.75) is 31.8 Å². The molecule has 0 aliphatic carbocycles. The number of aromatic nitrogens is 2. The molecule has 0 radical (unpaired) electrons. The minimum absolute atomic E-state index is 0.109. The highest BCUT2D eigenvalue weighted by atomic mass is 16.5. The standard InChI is InChI=1S/C10H14N2O5/c1-5-3-11-10(16)12(9(5)15)8-2-6(14)7(4-13)17-8/h3,6-8,13-14H,2,4H2,1H3,(H,11,16)/t6-,7+,8+/m0/s1. The van der Waals surface area contributed by atoms with Crippen LogP contribution in [0.15, 0.2) is 15.8 Å². The average Bonchev–Trinajstić information content (AvgIpc) is 2.65. The van der Waals surface area contributed by atoms with E-state index >= 15 is 0 Å². The number of hydrogen-bond donors (Lipinski definition) is 3. The predicted octanol–water partition coefficient (Wildman–Crippen LogP) is -1.51. The molecular weight excluding hydrogens is 228 g/mol. The van der Waals surface area contributed by atoms with Gasteiger partial charge in [0.15, 0.2) is 0 Å². The van der Waals surface area contributed by atoms with Gasteiger partial charge in [0.2, 0.25) is 0 Å². The second-order valence-corrected chi connectivity index (χ2v) is 4.07. The molecule has 0 aromatic carbocycles. The van der Waals surface area contributed by atoms with Crippen LogP contribution in [0.5, 0.6) is 0 Å². The molecule has 0 saturated carbocycles. The van der Waals surface area contributed by atoms with Crippen LogP contribution < -0.4 is 11.2 Å². The zero-order valence-corrected chi connectivity index (χ0v) is 9.29. The van der Waals surface area contributed by atoms with E-state index in [4.69, 9.17) is 9.84 Å². The van der Waals surface area contributed by atoms with Crippen molar-refractivity contribution in [3.05, 3.63) is 32.6 Å². The third-order valence-corrected chi connectivity index (χ3v) is 2.86. The van der Waals surface area contributed by atoms with Crippen LogP contribution in [0.4, 0.5) is 0 Å². The molecule has 3 atom stereocenters. The first-order chi connectivity index (χ1) is 8.04. The third kappa shape index (κ3) is 2.04. The van der Waals surface area contributed by atoms with Gasteiger partial charge in [0, 0.05) is 18.2 Å². The number of ether oxygens (including phenoxy) is 1. The molecule has 2 heterocycles. The van der Waals surface area contributed by atoms with Gasteiger partial charge in [-0.2, -0.15) is 0 Å². The van der Waals surface area contributed by atoms with Gasteiger partial charge >= 0.3 is 5.69 Å². The predicted molar refractivity (Wildman–Crippen MR) is 57.7 cm³/mol. The molecule has 1 fully saturated rings. The topological polar surface area (TPSA) is 105 Å². The normalized spacial score (nSPS) is 28.5. The van der Waals surface area contributed by atoms with Gasteiger partial charge in [-0.1, -0.05) is 0 Å². The summed E-state index contributed by atoms with van der Waals surface area (Å²) in [7, 11) is 0. The number of aliphatic hydroxyl groups excluding tert-OH is 2. The summed E-state index contributed by atoms with van der Waals surface area (Å²) in [6, 6.07) is 0. The van der Waals surface area contributed by atoms with Gasteiger partial charge in [0.05, 0.1) is 12.7 Å². The quantitative estimate of drug-likeness (QED) is 0.584. The van der Waals surface area contributed by atoms with Gasteiger partial charge in [-0.15, -0.1) is 0 Å². The van der Waals surface area contributed by atoms with E-state index in [-0.39, 0.29) is 13.0 Å². The van der Waals surface area contributed by atoms with E-state index in [9.17, 15) is 14.7 Å². The number of nitrogens with one attached hydrogen (secondary N) is 1. The molecule has 0 spiro atoms. The third-order valence-electron chi connectivity index (χ3n) is 2.86. The molecule has 1 aliphatic rings. The summed E-state index contributed by atoms with van der Waals surface area (Å²) in [6.45, 7) is 1.22. The van der Waals surface area contributed by atoms with Gasteiger partial charge < -0.3 is 19.9 Å². The zero-order chi connectivity index (χ0) is 12.6. The van der Waals surface area contributed by atoms with Gasteiger partial charge in [-0.3, -0.25) is 4.79 Å². The van der Waals surface area contributed by atoms with Crippen LogP contribution >= 0.6 is 0 Å². The minimum Gasteiger partial charge on any atom is -0.394 e. The second kappa shape index (κ2) is 4.44. The Kier molecular flexibility index (Phi) is 3.14. The van der Waals surface area contributed by atoms with Crippen molar-refractivity contribution in [3.8, 4) is 0 Å². The highest BCUT2D eigenvalue weighted by molar-refractivity contribution is 5.02. The van der Waals surface area contributed by atoms with E-state index in [2.05, 4.69) is 4.98 Å². The number of rotatable bonds is 2. The number of nitrogens with zero attached hydrogens (tertiary/aromatic N) is 1. The highest BCUT2D eigenvalue weighted by Gasteiger charge is 2.35. The fraction of sp³-hybridized carbons (Fsp3) is 0.600. The first kappa shape index (κ1) is 12.0. The SMILES string of the molecule is Cc1c[nH]c(=O)n([C@H]2C[C@H](O)[C@@H](CO)O2)c1=O. The fourth-order valence-corrected chi connectivity index (χ4v) is 1.88. The van der Waals surface area contributed by atoms with Crippen LogP contribution in [0.25, 0.3) is 0 Å². The highest BCUT2D eigenvalue weighted by Crippen LogP contribution is 2.26. The summed E-state index contributed by atoms with van der Waals surface area (Å²) < 4.78 is 6.19. The van der Waals surface area contributed by atoms with Gasteiger partial charge in [-0.25, -0.2) is 9.36 Å². The number of hydrogen-bond acceptors (Lipinski definition) is 5. The molecule has 0 bridgehead atoms. The van der Waals surface area contributed by atoms with Crippen LogP contribution in [-0.4, -0.2) is 38.6 Å². The lowest BCUT2D eigenvalue weighted by Crippen LogP contribution is -2.39. The maximum Gasteiger partial charge on any atom is 0.330 e. The van der Waals surface area contributed by atoms with Crippen molar-refractivity contribution in [1.29, 1.82) is 0 Å². The molecule has 3 N–H and O–H groups in total. The number of aliphatic hydroxyl groups is 2. The van der Waals surface area contributed by atoms with Crippen molar-refractivity contribution in [2.24, 2.45) is 0 Å². The summed E-state index contributed by atoms with van der Waals surface area (Å²) in [5.74, 6) is 0. The molecule has 1 saturated heterocycles. The lowest BCUT2D eigenvalue weighted by molar-refractivity contribution is -0.0469. The van der Waals surface area contributed by atoms with E-state index in [1.165, 1.54) is 6.20 Å². The van der Waals surface area contributed by atoms with Gasteiger partial charge in [0.1, 0.15) is 12.3 Å². The van der Waals surface area contributed by atoms with E-state index in [1.54, 1.807) is 6.92 Å². The smallest absolute Gasteiger partial charge is 0.330 e. The van der Waals surface area contributed by atoms with Crippen LogP contribution in [-0.2, 0) is 4.74 Å². The lowest BCUT2D eigenvalue weighted by atomic mass is 10.2. The van der Waals surface area contributed by atoms with E-state index in [1.807, 2.05) is 0 Å². The molecule has 0 unspecified atom stereocenters. The number of aromatic amines is 1. The molecule has 7 heteroatoms. The van der Waals surface area contributed by atoms with Crippen LogP contribution in [0.2, 0.25) is 0 Å². The van der Waals surface area contributed by atoms with Crippen LogP contribution in [0.1, 0.15) is 18.2 Å². The maximum absolute atomic E-state index is 11.8. The second-order valence-electron chi connectivity index (χ2n) is 4.07. The van der Waals surface area contributed by atoms with Crippen LogP contribution in [0, 0.1) is 6.92 Å². The van der Waals surface area contributed by atoms with Crippen molar-refractivity contribution in [1.82, 2.24) is 9.55 Å². The molecule has 2 rings (SSSR count). The van der Waals surface area contributed by atoms with E-state index in [0.29, 0.717) is 5.56 Å². The molecule has 17 heavy (non-hydrogen) atoms. The minimum atomic E-state index is -0.878. The summed E-state index contributed by atoms with van der Waals surface area (Å²) >= 11 is 0. The Bertz CT molecular complexity index is 520. The Labute approximate surface area is 96.3 Å². The molecule has 7 nitrogen and oxygen atoms in total. The first-order valence-electron chi connectivity index (χ1n) is 5.29. The van der Waals surface area contributed by atoms with Crippen molar-refractivity contribution in [3.63, 3.8) is 0 Å². The number of aryl methyl sites for hydroxylation is 1. The van der Waals surface area contributed by atoms with Crippen molar-refractivity contribution >= 4 is 0 Å². The summed E-state index contributed by atoms with van der Waals surface area (Å²) in [5.41, 5.74) is -0.656. The lowest BCUT2D eigenvalue weighted by Gasteiger charge is -2.13. The zero-order valence-electron chi connectivity index (χ0n) is 9.29. The Morgan fingerprint density at radius 3 is 2.88 bits per heavy atom. The molecule has 1 aliphatic heterocycles. The maximum atomic E-state index is 11.8. The molecule has 0 amide bonds. The van der Waals surface area contributed by atoms with E-state index < -0.39 is 29.7 Å². The Morgan fingerprint density at radius 1 is 1.59 bits per heavy atom. The van der Waals surface area contributed by atoms with Crippen molar-refractivity contribution in [2.75, 3.05) is 6.61 Å². The molecular formula is C10H14N2O5. The largest absolute Gasteiger partial charge is 0.394 e. The number of H-pyrrole nitrogens is 1. The Balaban J connectivity index is 2.40. The van der Waals surface area contributed by atoms with Crippen molar-refractivity contribution < 1.29 is 14.9 Å². The average molecular weight is 242 g/mol. The monoisotopic (exact) mass is 242 g/mol. The molecule has 94 valence electrons. The Hall–Kier alpha value is -1.44. The van der Waals surface area contributed by atoms with Gasteiger partial charge in [-0.05, 0) is 6.92 Å². The summed E-state index contributed by atoms with van der Waals surface area (Å²) in [4.78, 5) is 25.8. The molecule has 1 aromatic rings. The van der Waals surface area contributed by atoms with E-state index in [0.717, 1.165) is 4.57 Å². The Morgan fingerprint density at radius 2 is 2.29 bits per heavy atom. The fourth-order valence-electron chi connectivity index (χ4n) is 1.88. The van der Waals surface area contributed by atoms with Gasteiger partial charge in [0.25, 0.3) is 5.56 Å². The summed E-state index contributed by atoms with van der Waals surface area (Å²) in [5, 5.41) is 18.5. The first-order valence-corrected chi connectivity index (χ1v) is 5.29. The summed E-state index contributed by atoms with van der Waals surface area (Å²) in [6.07, 6.45) is -1.03. The van der Waals surface area contributed by atoms with Crippen LogP contribution in [0.3, 0.4) is 0 Å². The molecule has 1 aromatic heterocycles.